The predicted octanol–water partition coefficient (Wildman–Crippen LogP) is 4.48. The fourth-order valence-corrected chi connectivity index (χ4v) is 3.33. The van der Waals surface area contributed by atoms with E-state index < -0.39 is 0 Å². The highest BCUT2D eigenvalue weighted by Gasteiger charge is 2.12. The highest BCUT2D eigenvalue weighted by atomic mass is 15.2. The number of benzene rings is 1. The van der Waals surface area contributed by atoms with Gasteiger partial charge in [0.2, 0.25) is 5.95 Å². The molecule has 0 fully saturated rings. The van der Waals surface area contributed by atoms with Crippen LogP contribution in [0.15, 0.2) is 42.5 Å². The van der Waals surface area contributed by atoms with Crippen LogP contribution in [0.1, 0.15) is 17.1 Å². The number of aromatic nitrogens is 4. The van der Waals surface area contributed by atoms with Crippen molar-refractivity contribution in [3.8, 4) is 5.69 Å². The minimum atomic E-state index is 0.669. The zero-order valence-electron chi connectivity index (χ0n) is 16.3. The smallest absolute Gasteiger partial charge is 0.228 e. The highest BCUT2D eigenvalue weighted by Crippen LogP contribution is 2.27. The highest BCUT2D eigenvalue weighted by molar-refractivity contribution is 5.90. The van der Waals surface area contributed by atoms with Crippen LogP contribution in [-0.4, -0.2) is 33.6 Å². The number of H-pyrrole nitrogens is 1. The Labute approximate surface area is 158 Å². The topological polar surface area (TPSA) is 61.8 Å². The van der Waals surface area contributed by atoms with Crippen LogP contribution in [0.4, 0.5) is 17.5 Å². The third kappa shape index (κ3) is 3.14. The van der Waals surface area contributed by atoms with Gasteiger partial charge in [0, 0.05) is 42.6 Å². The van der Waals surface area contributed by atoms with Crippen LogP contribution in [0.5, 0.6) is 0 Å². The monoisotopic (exact) mass is 360 g/mol. The largest absolute Gasteiger partial charge is 0.347 e. The quantitative estimate of drug-likeness (QED) is 0.563. The van der Waals surface area contributed by atoms with Gasteiger partial charge in [-0.2, -0.15) is 9.97 Å². The molecule has 2 N–H and O–H groups in total. The first-order valence-corrected chi connectivity index (χ1v) is 8.99. The van der Waals surface area contributed by atoms with E-state index in [0.717, 1.165) is 33.9 Å². The molecule has 0 amide bonds. The molecule has 6 nitrogen and oxygen atoms in total. The predicted molar refractivity (Wildman–Crippen MR) is 111 cm³/mol. The maximum atomic E-state index is 4.69. The van der Waals surface area contributed by atoms with Gasteiger partial charge in [0.05, 0.1) is 5.39 Å². The lowest BCUT2D eigenvalue weighted by molar-refractivity contribution is 0.966. The lowest BCUT2D eigenvalue weighted by Crippen LogP contribution is -2.13. The summed E-state index contributed by atoms with van der Waals surface area (Å²) in [6, 6.07) is 14.7. The summed E-state index contributed by atoms with van der Waals surface area (Å²) in [5, 5.41) is 4.44. The number of nitrogens with zero attached hydrogens (tertiary/aromatic N) is 4. The number of nitrogens with one attached hydrogen (secondary N) is 2. The number of rotatable bonds is 4. The van der Waals surface area contributed by atoms with E-state index in [1.807, 2.05) is 25.9 Å². The van der Waals surface area contributed by atoms with Gasteiger partial charge in [0.1, 0.15) is 11.5 Å². The lowest BCUT2D eigenvalue weighted by atomic mass is 10.2. The molecule has 138 valence electrons. The Balaban J connectivity index is 1.70. The van der Waals surface area contributed by atoms with Crippen LogP contribution in [0.2, 0.25) is 0 Å². The van der Waals surface area contributed by atoms with Gasteiger partial charge >= 0.3 is 0 Å². The molecule has 0 bridgehead atoms. The zero-order chi connectivity index (χ0) is 19.1. The molecule has 0 unspecified atom stereocenters. The van der Waals surface area contributed by atoms with Crippen molar-refractivity contribution in [2.45, 2.75) is 20.8 Å². The normalized spacial score (nSPS) is 11.1. The van der Waals surface area contributed by atoms with Gasteiger partial charge in [-0.15, -0.1) is 0 Å². The Morgan fingerprint density at radius 3 is 2.22 bits per heavy atom. The summed E-state index contributed by atoms with van der Waals surface area (Å²) < 4.78 is 2.24. The maximum Gasteiger partial charge on any atom is 0.228 e. The Morgan fingerprint density at radius 1 is 0.926 bits per heavy atom. The van der Waals surface area contributed by atoms with E-state index in [0.29, 0.717) is 5.95 Å². The van der Waals surface area contributed by atoms with Crippen LogP contribution in [0, 0.1) is 20.8 Å². The molecule has 6 heteroatoms. The fraction of sp³-hybridized carbons (Fsp3) is 0.238. The Morgan fingerprint density at radius 2 is 1.59 bits per heavy atom. The molecule has 0 aliphatic carbocycles. The van der Waals surface area contributed by atoms with Gasteiger partial charge in [-0.3, -0.25) is 0 Å². The number of hydrogen-bond acceptors (Lipinski definition) is 4. The molecule has 0 radical (unpaired) electrons. The van der Waals surface area contributed by atoms with E-state index in [1.165, 1.54) is 11.4 Å². The molecule has 4 aromatic rings. The van der Waals surface area contributed by atoms with E-state index in [2.05, 4.69) is 81.1 Å². The van der Waals surface area contributed by atoms with Crippen molar-refractivity contribution in [3.05, 3.63) is 59.5 Å². The van der Waals surface area contributed by atoms with Gasteiger partial charge in [0.25, 0.3) is 0 Å². The molecule has 4 rings (SSSR count). The van der Waals surface area contributed by atoms with Crippen molar-refractivity contribution < 1.29 is 0 Å². The lowest BCUT2D eigenvalue weighted by Gasteiger charge is -2.14. The van der Waals surface area contributed by atoms with E-state index in [1.54, 1.807) is 0 Å². The van der Waals surface area contributed by atoms with Crippen LogP contribution in [0.25, 0.3) is 16.7 Å². The van der Waals surface area contributed by atoms with E-state index >= 15 is 0 Å². The third-order valence-electron chi connectivity index (χ3n) is 4.67. The van der Waals surface area contributed by atoms with Crippen molar-refractivity contribution in [3.63, 3.8) is 0 Å². The van der Waals surface area contributed by atoms with Crippen molar-refractivity contribution >= 4 is 28.5 Å². The Bertz CT molecular complexity index is 1080. The molecule has 1 aromatic carbocycles. The second-order valence-electron chi connectivity index (χ2n) is 7.10. The summed E-state index contributed by atoms with van der Waals surface area (Å²) in [6.07, 6.45) is 0. The molecule has 0 aliphatic rings. The third-order valence-corrected chi connectivity index (χ3v) is 4.67. The summed E-state index contributed by atoms with van der Waals surface area (Å²) >= 11 is 0. The van der Waals surface area contributed by atoms with Crippen LogP contribution in [-0.2, 0) is 0 Å². The SMILES string of the molecule is Cc1cc2c(Nc3ccc(-n4c(C)ccc4C)cc3)nc(N(C)C)nc2[nH]1. The molecule has 0 saturated heterocycles. The Hall–Kier alpha value is -3.28. The minimum Gasteiger partial charge on any atom is -0.347 e. The molecular formula is C21H24N6. The molecule has 0 atom stereocenters. The van der Waals surface area contributed by atoms with E-state index in [9.17, 15) is 0 Å². The number of aryl methyl sites for hydroxylation is 3. The first kappa shape index (κ1) is 17.1. The van der Waals surface area contributed by atoms with Crippen LogP contribution < -0.4 is 10.2 Å². The molecule has 0 spiro atoms. The van der Waals surface area contributed by atoms with Gasteiger partial charge in [0.15, 0.2) is 0 Å². The molecule has 27 heavy (non-hydrogen) atoms. The number of anilines is 3. The van der Waals surface area contributed by atoms with Crippen LogP contribution in [0.3, 0.4) is 0 Å². The average Bonchev–Trinajstić information content (AvgIpc) is 3.17. The second-order valence-corrected chi connectivity index (χ2v) is 7.10. The van der Waals surface area contributed by atoms with Crippen molar-refractivity contribution in [1.29, 1.82) is 0 Å². The van der Waals surface area contributed by atoms with E-state index in [-0.39, 0.29) is 0 Å². The maximum absolute atomic E-state index is 4.69. The summed E-state index contributed by atoms with van der Waals surface area (Å²) in [5.74, 6) is 1.47. The minimum absolute atomic E-state index is 0.669. The second kappa shape index (κ2) is 6.46. The average molecular weight is 360 g/mol. The van der Waals surface area contributed by atoms with E-state index in [4.69, 9.17) is 0 Å². The summed E-state index contributed by atoms with van der Waals surface area (Å²) in [6.45, 7) is 6.26. The first-order valence-electron chi connectivity index (χ1n) is 8.99. The van der Waals surface area contributed by atoms with Gasteiger partial charge in [-0.1, -0.05) is 0 Å². The summed E-state index contributed by atoms with van der Waals surface area (Å²) in [5.41, 5.74) is 6.49. The summed E-state index contributed by atoms with van der Waals surface area (Å²) in [4.78, 5) is 14.5. The van der Waals surface area contributed by atoms with Gasteiger partial charge in [-0.25, -0.2) is 0 Å². The Kier molecular flexibility index (Phi) is 4.11. The summed E-state index contributed by atoms with van der Waals surface area (Å²) in [7, 11) is 3.88. The zero-order valence-corrected chi connectivity index (χ0v) is 16.3. The molecular weight excluding hydrogens is 336 g/mol. The van der Waals surface area contributed by atoms with Crippen molar-refractivity contribution in [2.24, 2.45) is 0 Å². The fourth-order valence-electron chi connectivity index (χ4n) is 3.33. The van der Waals surface area contributed by atoms with Crippen molar-refractivity contribution in [1.82, 2.24) is 19.5 Å². The standard InChI is InChI=1S/C21H24N6/c1-13-12-18-19(22-13)24-21(26(4)5)25-20(18)23-16-8-10-17(11-9-16)27-14(2)6-7-15(27)3/h6-12H,1-5H3,(H2,22,23,24,25). The molecule has 0 saturated carbocycles. The van der Waals surface area contributed by atoms with Crippen molar-refractivity contribution in [2.75, 3.05) is 24.3 Å². The molecule has 3 aromatic heterocycles. The molecule has 3 heterocycles. The van der Waals surface area contributed by atoms with Crippen LogP contribution >= 0.6 is 0 Å². The number of hydrogen-bond donors (Lipinski definition) is 2. The van der Waals surface area contributed by atoms with Gasteiger partial charge < -0.3 is 19.8 Å². The van der Waals surface area contributed by atoms with Gasteiger partial charge in [-0.05, 0) is 63.2 Å². The number of aromatic amines is 1. The molecule has 0 aliphatic heterocycles. The first-order chi connectivity index (χ1) is 12.9. The number of fused-ring (bicyclic) bond motifs is 1.